The second-order valence-electron chi connectivity index (χ2n) is 3.88. The number of benzene rings is 1. The first-order valence-corrected chi connectivity index (χ1v) is 5.23. The fraction of sp³-hybridized carbons (Fsp3) is 0.0769. The zero-order valence-corrected chi connectivity index (χ0v) is 8.88. The van der Waals surface area contributed by atoms with Gasteiger partial charge >= 0.3 is 0 Å². The zero-order chi connectivity index (χ0) is 11.8. The van der Waals surface area contributed by atoms with E-state index in [9.17, 15) is 9.59 Å². The average Bonchev–Trinajstić information content (AvgIpc) is 2.36. The van der Waals surface area contributed by atoms with E-state index in [0.717, 1.165) is 5.52 Å². The molecule has 0 radical (unpaired) electrons. The van der Waals surface area contributed by atoms with Gasteiger partial charge in [-0.1, -0.05) is 12.1 Å². The monoisotopic (exact) mass is 224 g/mol. The minimum absolute atomic E-state index is 0.115. The molecule has 0 atom stereocenters. The molecule has 0 amide bonds. The molecule has 2 aromatic rings. The van der Waals surface area contributed by atoms with Gasteiger partial charge in [0.05, 0.1) is 16.7 Å². The Labute approximate surface area is 97.0 Å². The molecule has 0 bridgehead atoms. The lowest BCUT2D eigenvalue weighted by molar-refractivity contribution is -0.104. The maximum Gasteiger partial charge on any atom is 0.187 e. The molecule has 1 aromatic heterocycles. The van der Waals surface area contributed by atoms with Crippen molar-refractivity contribution in [2.75, 3.05) is 0 Å². The molecule has 0 saturated heterocycles. The summed E-state index contributed by atoms with van der Waals surface area (Å²) < 4.78 is 0. The molecule has 1 aromatic carbocycles. The van der Waals surface area contributed by atoms with Gasteiger partial charge in [-0.2, -0.15) is 0 Å². The largest absolute Gasteiger partial charge is 0.298 e. The van der Waals surface area contributed by atoms with Crippen molar-refractivity contribution in [2.24, 2.45) is 0 Å². The second kappa shape index (κ2) is 3.59. The van der Waals surface area contributed by atoms with Crippen LogP contribution in [0.15, 0.2) is 29.8 Å². The number of allylic oxidation sites excluding steroid dienone is 1. The number of carbonyl (C=O) groups excluding carboxylic acids is 2. The molecule has 1 aliphatic carbocycles. The number of para-hydroxylation sites is 2. The van der Waals surface area contributed by atoms with Crippen molar-refractivity contribution >= 4 is 29.2 Å². The molecule has 0 aliphatic heterocycles. The lowest BCUT2D eigenvalue weighted by Gasteiger charge is -2.11. The third-order valence-electron chi connectivity index (χ3n) is 2.70. The highest BCUT2D eigenvalue weighted by Crippen LogP contribution is 2.22. The van der Waals surface area contributed by atoms with E-state index in [4.69, 9.17) is 0 Å². The van der Waals surface area contributed by atoms with Gasteiger partial charge in [0.15, 0.2) is 5.78 Å². The number of Topliss-reactive ketones (excluding diaryl/α,β-unsaturated/α-hetero) is 1. The standard InChI is InChI=1S/C13H8N2O2/c16-7-8-5-11-13(12(17)6-8)15-10-4-2-1-3-9(10)14-11/h1-5,7H,6H2. The molecule has 0 unspecified atom stereocenters. The maximum absolute atomic E-state index is 11.8. The lowest BCUT2D eigenvalue weighted by atomic mass is 9.99. The van der Waals surface area contributed by atoms with Gasteiger partial charge in [-0.3, -0.25) is 9.59 Å². The molecular weight excluding hydrogens is 216 g/mol. The number of ketones is 1. The normalized spacial score (nSPS) is 14.4. The highest BCUT2D eigenvalue weighted by Gasteiger charge is 2.21. The van der Waals surface area contributed by atoms with E-state index in [1.807, 2.05) is 24.3 Å². The molecule has 17 heavy (non-hydrogen) atoms. The number of hydrogen-bond acceptors (Lipinski definition) is 4. The summed E-state index contributed by atoms with van der Waals surface area (Å²) in [7, 11) is 0. The molecule has 82 valence electrons. The van der Waals surface area contributed by atoms with Crippen LogP contribution < -0.4 is 0 Å². The van der Waals surface area contributed by atoms with Gasteiger partial charge in [0.25, 0.3) is 0 Å². The Morgan fingerprint density at radius 1 is 1.12 bits per heavy atom. The number of aldehydes is 1. The fourth-order valence-electron chi connectivity index (χ4n) is 1.89. The van der Waals surface area contributed by atoms with E-state index < -0.39 is 0 Å². The van der Waals surface area contributed by atoms with Crippen LogP contribution in [0.25, 0.3) is 17.1 Å². The summed E-state index contributed by atoms with van der Waals surface area (Å²) >= 11 is 0. The van der Waals surface area contributed by atoms with Crippen molar-refractivity contribution in [3.05, 3.63) is 41.2 Å². The van der Waals surface area contributed by atoms with Crippen LogP contribution in [-0.4, -0.2) is 22.0 Å². The van der Waals surface area contributed by atoms with E-state index in [0.29, 0.717) is 28.8 Å². The fourth-order valence-corrected chi connectivity index (χ4v) is 1.89. The minimum Gasteiger partial charge on any atom is -0.298 e. The Morgan fingerprint density at radius 3 is 2.53 bits per heavy atom. The lowest BCUT2D eigenvalue weighted by Crippen LogP contribution is -2.13. The quantitative estimate of drug-likeness (QED) is 0.693. The molecule has 4 heteroatoms. The molecular formula is C13H8N2O2. The number of fused-ring (bicyclic) bond motifs is 2. The van der Waals surface area contributed by atoms with Crippen LogP contribution in [0.5, 0.6) is 0 Å². The first-order valence-electron chi connectivity index (χ1n) is 5.23. The average molecular weight is 224 g/mol. The predicted octanol–water partition coefficient (Wildman–Crippen LogP) is 1.80. The molecule has 0 saturated carbocycles. The van der Waals surface area contributed by atoms with Crippen LogP contribution >= 0.6 is 0 Å². The van der Waals surface area contributed by atoms with Gasteiger partial charge < -0.3 is 0 Å². The Hall–Kier alpha value is -2.36. The molecule has 3 rings (SSSR count). The highest BCUT2D eigenvalue weighted by molar-refractivity contribution is 6.07. The van der Waals surface area contributed by atoms with Crippen molar-refractivity contribution in [3.63, 3.8) is 0 Å². The van der Waals surface area contributed by atoms with Crippen LogP contribution in [0.1, 0.15) is 22.6 Å². The number of carbonyl (C=O) groups is 2. The second-order valence-corrected chi connectivity index (χ2v) is 3.88. The molecule has 1 aliphatic rings. The van der Waals surface area contributed by atoms with Gasteiger partial charge in [-0.15, -0.1) is 0 Å². The highest BCUT2D eigenvalue weighted by atomic mass is 16.1. The van der Waals surface area contributed by atoms with Crippen LogP contribution in [-0.2, 0) is 4.79 Å². The van der Waals surface area contributed by atoms with Crippen molar-refractivity contribution in [3.8, 4) is 0 Å². The van der Waals surface area contributed by atoms with E-state index in [1.54, 1.807) is 6.08 Å². The van der Waals surface area contributed by atoms with Crippen LogP contribution in [0.3, 0.4) is 0 Å². The van der Waals surface area contributed by atoms with Crippen LogP contribution in [0.2, 0.25) is 0 Å². The van der Waals surface area contributed by atoms with Crippen LogP contribution in [0.4, 0.5) is 0 Å². The van der Waals surface area contributed by atoms with Crippen molar-refractivity contribution in [1.29, 1.82) is 0 Å². The Bertz CT molecular complexity index is 674. The Kier molecular flexibility index (Phi) is 2.08. The number of nitrogens with zero attached hydrogens (tertiary/aromatic N) is 2. The third-order valence-corrected chi connectivity index (χ3v) is 2.70. The van der Waals surface area contributed by atoms with Gasteiger partial charge in [0.1, 0.15) is 12.0 Å². The first-order chi connectivity index (χ1) is 8.28. The molecule has 0 N–H and O–H groups in total. The minimum atomic E-state index is -0.150. The molecule has 0 spiro atoms. The third kappa shape index (κ3) is 1.54. The molecule has 1 heterocycles. The van der Waals surface area contributed by atoms with E-state index in [2.05, 4.69) is 9.97 Å². The summed E-state index contributed by atoms with van der Waals surface area (Å²) in [4.78, 5) is 31.1. The summed E-state index contributed by atoms with van der Waals surface area (Å²) in [5.74, 6) is -0.150. The summed E-state index contributed by atoms with van der Waals surface area (Å²) in [6.45, 7) is 0. The summed E-state index contributed by atoms with van der Waals surface area (Å²) in [5, 5.41) is 0. The van der Waals surface area contributed by atoms with Gasteiger partial charge in [-0.25, -0.2) is 9.97 Å². The van der Waals surface area contributed by atoms with Crippen molar-refractivity contribution in [1.82, 2.24) is 9.97 Å². The van der Waals surface area contributed by atoms with Gasteiger partial charge in [-0.05, 0) is 18.2 Å². The summed E-state index contributed by atoms with van der Waals surface area (Å²) in [6, 6.07) is 7.35. The SMILES string of the molecule is O=CC1=Cc2nc3ccccc3nc2C(=O)C1. The van der Waals surface area contributed by atoms with E-state index in [1.165, 1.54) is 0 Å². The Balaban J connectivity index is 2.32. The van der Waals surface area contributed by atoms with E-state index >= 15 is 0 Å². The maximum atomic E-state index is 11.8. The smallest absolute Gasteiger partial charge is 0.187 e. The van der Waals surface area contributed by atoms with Crippen LogP contribution in [0, 0.1) is 0 Å². The van der Waals surface area contributed by atoms with Crippen molar-refractivity contribution in [2.45, 2.75) is 6.42 Å². The predicted molar refractivity (Wildman–Crippen MR) is 62.5 cm³/mol. The number of aromatic nitrogens is 2. The van der Waals surface area contributed by atoms with Crippen molar-refractivity contribution < 1.29 is 9.59 Å². The number of hydrogen-bond donors (Lipinski definition) is 0. The topological polar surface area (TPSA) is 59.9 Å². The van der Waals surface area contributed by atoms with E-state index in [-0.39, 0.29) is 12.2 Å². The van der Waals surface area contributed by atoms with Gasteiger partial charge in [0, 0.05) is 12.0 Å². The van der Waals surface area contributed by atoms with Gasteiger partial charge in [0.2, 0.25) is 0 Å². The zero-order valence-electron chi connectivity index (χ0n) is 8.88. The summed E-state index contributed by atoms with van der Waals surface area (Å²) in [5.41, 5.74) is 2.72. The number of rotatable bonds is 1. The first kappa shape index (κ1) is 9.84. The molecule has 4 nitrogen and oxygen atoms in total. The Morgan fingerprint density at radius 2 is 1.82 bits per heavy atom. The molecule has 0 fully saturated rings. The summed E-state index contributed by atoms with van der Waals surface area (Å²) in [6.07, 6.45) is 2.43.